The van der Waals surface area contributed by atoms with Gasteiger partial charge in [-0.1, -0.05) is 36.4 Å². The molecule has 0 unspecified atom stereocenters. The number of anilines is 1. The molecule has 2 aromatic carbocycles. The number of benzene rings is 2. The second-order valence-electron chi connectivity index (χ2n) is 8.86. The standard InChI is InChI=1S/C23H26N4OS/c1-26(2)23(17-7-4-3-5-8-17)13-11-22(12-14-23)15-20(28)27(16-22)19-10-6-9-18-21(19)25-29-24-18/h3-10H,11-16H2,1-2H3. The fourth-order valence-corrected chi connectivity index (χ4v) is 5.94. The molecule has 29 heavy (non-hydrogen) atoms. The van der Waals surface area contributed by atoms with Gasteiger partial charge < -0.3 is 4.90 Å². The van der Waals surface area contributed by atoms with E-state index in [0.29, 0.717) is 6.42 Å². The SMILES string of the molecule is CN(C)C1(c2ccccc2)CCC2(CC1)CC(=O)N(c1cccc3nsnc13)C2. The van der Waals surface area contributed by atoms with Crippen LogP contribution in [0.3, 0.4) is 0 Å². The minimum absolute atomic E-state index is 0.0574. The van der Waals surface area contributed by atoms with E-state index in [9.17, 15) is 4.79 Å². The van der Waals surface area contributed by atoms with Gasteiger partial charge in [0.15, 0.2) is 0 Å². The number of rotatable bonds is 3. The van der Waals surface area contributed by atoms with Crippen LogP contribution >= 0.6 is 11.7 Å². The second kappa shape index (κ2) is 6.89. The first-order chi connectivity index (χ1) is 14.0. The lowest BCUT2D eigenvalue weighted by atomic mass is 9.64. The molecule has 0 atom stereocenters. The molecule has 5 nitrogen and oxygen atoms in total. The molecule has 1 saturated heterocycles. The highest BCUT2D eigenvalue weighted by atomic mass is 32.1. The zero-order valence-corrected chi connectivity index (χ0v) is 17.8. The maximum absolute atomic E-state index is 13.0. The van der Waals surface area contributed by atoms with Gasteiger partial charge in [-0.2, -0.15) is 8.75 Å². The van der Waals surface area contributed by atoms with Crippen LogP contribution in [0.25, 0.3) is 11.0 Å². The van der Waals surface area contributed by atoms with Crippen molar-refractivity contribution in [2.45, 2.75) is 37.6 Å². The summed E-state index contributed by atoms with van der Waals surface area (Å²) in [6.45, 7) is 0.792. The lowest BCUT2D eigenvalue weighted by Gasteiger charge is -2.48. The molecule has 1 aromatic heterocycles. The number of amides is 1. The van der Waals surface area contributed by atoms with Crippen LogP contribution < -0.4 is 4.90 Å². The average Bonchev–Trinajstić information content (AvgIpc) is 3.34. The smallest absolute Gasteiger partial charge is 0.227 e. The predicted octanol–water partition coefficient (Wildman–Crippen LogP) is 4.45. The largest absolute Gasteiger partial charge is 0.310 e. The zero-order valence-electron chi connectivity index (χ0n) is 17.0. The summed E-state index contributed by atoms with van der Waals surface area (Å²) in [6.07, 6.45) is 4.92. The van der Waals surface area contributed by atoms with Gasteiger partial charge >= 0.3 is 0 Å². The average molecular weight is 407 g/mol. The minimum Gasteiger partial charge on any atom is -0.310 e. The van der Waals surface area contributed by atoms with Crippen LogP contribution in [0.15, 0.2) is 48.5 Å². The Kier molecular flexibility index (Phi) is 4.44. The quantitative estimate of drug-likeness (QED) is 0.645. The zero-order chi connectivity index (χ0) is 20.1. The molecule has 1 saturated carbocycles. The van der Waals surface area contributed by atoms with E-state index in [1.54, 1.807) is 0 Å². The van der Waals surface area contributed by atoms with Crippen LogP contribution in [-0.2, 0) is 10.3 Å². The van der Waals surface area contributed by atoms with Crippen molar-refractivity contribution < 1.29 is 4.79 Å². The van der Waals surface area contributed by atoms with Crippen molar-refractivity contribution in [3.8, 4) is 0 Å². The van der Waals surface area contributed by atoms with Gasteiger partial charge in [0.2, 0.25) is 5.91 Å². The van der Waals surface area contributed by atoms with E-state index in [2.05, 4.69) is 58.1 Å². The first kappa shape index (κ1) is 18.7. The number of nitrogens with zero attached hydrogens (tertiary/aromatic N) is 4. The first-order valence-corrected chi connectivity index (χ1v) is 11.0. The Hall–Kier alpha value is -2.31. The molecule has 2 fully saturated rings. The van der Waals surface area contributed by atoms with E-state index in [-0.39, 0.29) is 16.9 Å². The fourth-order valence-electron chi connectivity index (χ4n) is 5.40. The van der Waals surface area contributed by atoms with E-state index in [4.69, 9.17) is 0 Å². The van der Waals surface area contributed by atoms with Gasteiger partial charge in [0.05, 0.1) is 17.4 Å². The van der Waals surface area contributed by atoms with E-state index in [1.165, 1.54) is 17.3 Å². The summed E-state index contributed by atoms with van der Waals surface area (Å²) in [6, 6.07) is 16.8. The molecule has 0 radical (unpaired) electrons. The molecule has 0 bridgehead atoms. The Morgan fingerprint density at radius 1 is 0.966 bits per heavy atom. The highest BCUT2D eigenvalue weighted by Crippen LogP contribution is 2.52. The van der Waals surface area contributed by atoms with E-state index < -0.39 is 0 Å². The first-order valence-electron chi connectivity index (χ1n) is 10.3. The van der Waals surface area contributed by atoms with Crippen LogP contribution in [0.4, 0.5) is 5.69 Å². The maximum atomic E-state index is 13.0. The van der Waals surface area contributed by atoms with Crippen molar-refractivity contribution in [1.82, 2.24) is 13.6 Å². The van der Waals surface area contributed by atoms with Gasteiger partial charge in [-0.3, -0.25) is 9.69 Å². The van der Waals surface area contributed by atoms with Gasteiger partial charge in [0.25, 0.3) is 0 Å². The van der Waals surface area contributed by atoms with Crippen LogP contribution in [-0.4, -0.2) is 40.2 Å². The molecule has 6 heteroatoms. The lowest BCUT2D eigenvalue weighted by Crippen LogP contribution is -2.47. The van der Waals surface area contributed by atoms with Gasteiger partial charge in [-0.15, -0.1) is 0 Å². The molecule has 3 aromatic rings. The van der Waals surface area contributed by atoms with E-state index in [0.717, 1.165) is 48.9 Å². The topological polar surface area (TPSA) is 49.3 Å². The number of hydrogen-bond donors (Lipinski definition) is 0. The number of hydrogen-bond acceptors (Lipinski definition) is 5. The summed E-state index contributed by atoms with van der Waals surface area (Å²) in [5, 5.41) is 0. The fraction of sp³-hybridized carbons (Fsp3) is 0.435. The van der Waals surface area contributed by atoms with Crippen LogP contribution in [0.1, 0.15) is 37.7 Å². The van der Waals surface area contributed by atoms with Crippen molar-refractivity contribution in [2.75, 3.05) is 25.5 Å². The molecule has 150 valence electrons. The van der Waals surface area contributed by atoms with Crippen LogP contribution in [0.2, 0.25) is 0 Å². The van der Waals surface area contributed by atoms with Crippen molar-refractivity contribution in [2.24, 2.45) is 5.41 Å². The van der Waals surface area contributed by atoms with Crippen molar-refractivity contribution in [1.29, 1.82) is 0 Å². The Labute approximate surface area is 175 Å². The summed E-state index contributed by atoms with van der Waals surface area (Å²) < 4.78 is 8.79. The number of aromatic nitrogens is 2. The van der Waals surface area contributed by atoms with Crippen molar-refractivity contribution >= 4 is 34.4 Å². The van der Waals surface area contributed by atoms with E-state index >= 15 is 0 Å². The van der Waals surface area contributed by atoms with E-state index in [1.807, 2.05) is 23.1 Å². The molecule has 1 spiro atoms. The summed E-state index contributed by atoms with van der Waals surface area (Å²) in [5.41, 5.74) is 4.16. The Morgan fingerprint density at radius 3 is 2.45 bits per heavy atom. The molecule has 5 rings (SSSR count). The molecule has 1 aliphatic carbocycles. The summed E-state index contributed by atoms with van der Waals surface area (Å²) in [5.74, 6) is 0.225. The predicted molar refractivity (Wildman–Crippen MR) is 117 cm³/mol. The third-order valence-electron chi connectivity index (χ3n) is 7.18. The summed E-state index contributed by atoms with van der Waals surface area (Å²) in [4.78, 5) is 17.4. The summed E-state index contributed by atoms with van der Waals surface area (Å²) >= 11 is 1.21. The molecule has 2 aliphatic rings. The van der Waals surface area contributed by atoms with Gasteiger partial charge in [0, 0.05) is 18.5 Å². The van der Waals surface area contributed by atoms with Gasteiger partial charge in [-0.05, 0) is 62.9 Å². The van der Waals surface area contributed by atoms with Gasteiger partial charge in [0.1, 0.15) is 11.0 Å². The molecule has 2 heterocycles. The Morgan fingerprint density at radius 2 is 1.72 bits per heavy atom. The number of carbonyl (C=O) groups is 1. The highest BCUT2D eigenvalue weighted by Gasteiger charge is 2.50. The number of carbonyl (C=O) groups excluding carboxylic acids is 1. The molecule has 1 amide bonds. The second-order valence-corrected chi connectivity index (χ2v) is 9.39. The molecular formula is C23H26N4OS. The monoisotopic (exact) mass is 406 g/mol. The van der Waals surface area contributed by atoms with Crippen LogP contribution in [0, 0.1) is 5.41 Å². The minimum atomic E-state index is 0.0574. The molecule has 0 N–H and O–H groups in total. The van der Waals surface area contributed by atoms with Crippen LogP contribution in [0.5, 0.6) is 0 Å². The normalized spacial score (nSPS) is 27.4. The Balaban J connectivity index is 1.41. The Bertz CT molecular complexity index is 1040. The number of fused-ring (bicyclic) bond motifs is 1. The third kappa shape index (κ3) is 2.97. The van der Waals surface area contributed by atoms with Crippen molar-refractivity contribution in [3.63, 3.8) is 0 Å². The maximum Gasteiger partial charge on any atom is 0.227 e. The van der Waals surface area contributed by atoms with Gasteiger partial charge in [-0.25, -0.2) is 0 Å². The summed E-state index contributed by atoms with van der Waals surface area (Å²) in [7, 11) is 4.38. The molecule has 1 aliphatic heterocycles. The molecular weight excluding hydrogens is 380 g/mol. The van der Waals surface area contributed by atoms with Crippen molar-refractivity contribution in [3.05, 3.63) is 54.1 Å². The third-order valence-corrected chi connectivity index (χ3v) is 7.72. The highest BCUT2D eigenvalue weighted by molar-refractivity contribution is 7.00. The lowest BCUT2D eigenvalue weighted by molar-refractivity contribution is -0.118.